The minimum atomic E-state index is -1.73. The van der Waals surface area contributed by atoms with E-state index >= 15 is 0 Å². The molecule has 252 valence electrons. The molecule has 0 saturated heterocycles. The predicted octanol–water partition coefficient (Wildman–Crippen LogP) is 7.60. The lowest BCUT2D eigenvalue weighted by Crippen LogP contribution is -2.56. The van der Waals surface area contributed by atoms with Crippen molar-refractivity contribution in [3.8, 4) is 11.5 Å². The number of hydrogen-bond acceptors (Lipinski definition) is 6. The summed E-state index contributed by atoms with van der Waals surface area (Å²) in [4.78, 5) is 42.3. The number of ether oxygens (including phenoxy) is 2. The summed E-state index contributed by atoms with van der Waals surface area (Å²) < 4.78 is 12.1. The van der Waals surface area contributed by atoms with Crippen molar-refractivity contribution in [1.29, 1.82) is 0 Å². The van der Waals surface area contributed by atoms with Crippen molar-refractivity contribution < 1.29 is 29.0 Å². The smallest absolute Gasteiger partial charge is 0.235 e. The van der Waals surface area contributed by atoms with Crippen LogP contribution in [0.15, 0.2) is 54.6 Å². The molecule has 8 heteroatoms. The number of carbonyl (C=O) groups excluding carboxylic acids is 3. The number of benzene rings is 3. The van der Waals surface area contributed by atoms with Gasteiger partial charge in [0.05, 0.1) is 24.7 Å². The Morgan fingerprint density at radius 1 is 0.809 bits per heavy atom. The van der Waals surface area contributed by atoms with Crippen molar-refractivity contribution >= 4 is 29.0 Å². The number of Topliss-reactive ketones (excluding diaryl/α,β-unsaturated/α-hetero) is 1. The predicted molar refractivity (Wildman–Crippen MR) is 186 cm³/mol. The lowest BCUT2D eigenvalue weighted by Gasteiger charge is -2.44. The van der Waals surface area contributed by atoms with E-state index in [2.05, 4.69) is 17.6 Å². The van der Waals surface area contributed by atoms with Gasteiger partial charge in [-0.3, -0.25) is 14.4 Å². The molecule has 1 aliphatic carbocycles. The van der Waals surface area contributed by atoms with Gasteiger partial charge in [-0.25, -0.2) is 0 Å². The normalized spacial score (nSPS) is 20.9. The van der Waals surface area contributed by atoms with E-state index in [-0.39, 0.29) is 6.42 Å². The number of carbonyl (C=O) groups is 3. The third-order valence-electron chi connectivity index (χ3n) is 9.02. The topological polar surface area (TPSA) is 114 Å². The molecule has 47 heavy (non-hydrogen) atoms. The molecule has 2 amide bonds. The molecule has 1 aliphatic rings. The standard InChI is InChI=1S/C39H50N2O6/c1-8-10-11-12-19-47-32-18-15-28(22-33(32)46-9-2)34-35(37(43)40-29-16-13-24(3)20-26(29)5)31(42)23-39(7,45)36(34)38(44)41-30-17-14-25(4)21-27(30)6/h13-18,20-22,34-36,45H,8-12,19,23H2,1-7H3,(H,40,43)(H,41,44). The van der Waals surface area contributed by atoms with Gasteiger partial charge in [0, 0.05) is 23.7 Å². The van der Waals surface area contributed by atoms with Gasteiger partial charge in [0.15, 0.2) is 11.5 Å². The first-order valence-electron chi connectivity index (χ1n) is 16.8. The molecule has 8 nitrogen and oxygen atoms in total. The number of rotatable bonds is 13. The molecule has 0 heterocycles. The first kappa shape index (κ1) is 35.7. The fraction of sp³-hybridized carbons (Fsp3) is 0.462. The number of ketones is 1. The van der Waals surface area contributed by atoms with E-state index in [1.54, 1.807) is 18.2 Å². The largest absolute Gasteiger partial charge is 0.490 e. The Labute approximate surface area is 279 Å². The fourth-order valence-corrected chi connectivity index (χ4v) is 6.65. The number of amides is 2. The van der Waals surface area contributed by atoms with Crippen molar-refractivity contribution in [3.63, 3.8) is 0 Å². The van der Waals surface area contributed by atoms with Crippen LogP contribution in [0.2, 0.25) is 0 Å². The molecule has 4 atom stereocenters. The van der Waals surface area contributed by atoms with Crippen LogP contribution < -0.4 is 20.1 Å². The highest BCUT2D eigenvalue weighted by Crippen LogP contribution is 2.48. The summed E-state index contributed by atoms with van der Waals surface area (Å²) in [6, 6.07) is 16.6. The van der Waals surface area contributed by atoms with E-state index in [1.807, 2.05) is 71.0 Å². The van der Waals surface area contributed by atoms with Crippen LogP contribution in [0.3, 0.4) is 0 Å². The summed E-state index contributed by atoms with van der Waals surface area (Å²) in [5.74, 6) is -3.83. The Bertz CT molecular complexity index is 1600. The highest BCUT2D eigenvalue weighted by Gasteiger charge is 2.56. The number of hydrogen-bond donors (Lipinski definition) is 3. The number of aryl methyl sites for hydroxylation is 4. The monoisotopic (exact) mass is 642 g/mol. The molecule has 3 aromatic carbocycles. The van der Waals surface area contributed by atoms with E-state index < -0.39 is 41.0 Å². The molecule has 3 aromatic rings. The summed E-state index contributed by atoms with van der Waals surface area (Å²) in [5.41, 5.74) is 3.80. The van der Waals surface area contributed by atoms with Crippen LogP contribution in [0.4, 0.5) is 11.4 Å². The van der Waals surface area contributed by atoms with E-state index in [9.17, 15) is 19.5 Å². The Hall–Kier alpha value is -4.17. The van der Waals surface area contributed by atoms with Crippen molar-refractivity contribution in [2.75, 3.05) is 23.8 Å². The maximum absolute atomic E-state index is 14.3. The van der Waals surface area contributed by atoms with Gasteiger partial charge in [-0.1, -0.05) is 67.6 Å². The quantitative estimate of drug-likeness (QED) is 0.131. The van der Waals surface area contributed by atoms with Crippen LogP contribution in [0.5, 0.6) is 11.5 Å². The molecular formula is C39H50N2O6. The minimum absolute atomic E-state index is 0.350. The maximum Gasteiger partial charge on any atom is 0.235 e. The van der Waals surface area contributed by atoms with E-state index in [4.69, 9.17) is 9.47 Å². The molecule has 0 bridgehead atoms. The van der Waals surface area contributed by atoms with Gasteiger partial charge >= 0.3 is 0 Å². The molecule has 0 radical (unpaired) electrons. The van der Waals surface area contributed by atoms with Gasteiger partial charge in [0.2, 0.25) is 11.8 Å². The van der Waals surface area contributed by atoms with Crippen LogP contribution in [-0.4, -0.2) is 41.5 Å². The Balaban J connectivity index is 1.79. The van der Waals surface area contributed by atoms with Gasteiger partial charge in [-0.15, -0.1) is 0 Å². The Kier molecular flexibility index (Phi) is 11.9. The third kappa shape index (κ3) is 8.60. The molecule has 0 aliphatic heterocycles. The van der Waals surface area contributed by atoms with Crippen LogP contribution in [0, 0.1) is 39.5 Å². The number of nitrogens with one attached hydrogen (secondary N) is 2. The molecule has 3 N–H and O–H groups in total. The van der Waals surface area contributed by atoms with Crippen molar-refractivity contribution in [3.05, 3.63) is 82.4 Å². The minimum Gasteiger partial charge on any atom is -0.490 e. The second kappa shape index (κ2) is 15.6. The summed E-state index contributed by atoms with van der Waals surface area (Å²) in [6.07, 6.45) is 3.87. The molecule has 0 aromatic heterocycles. The van der Waals surface area contributed by atoms with Crippen molar-refractivity contribution in [2.24, 2.45) is 11.8 Å². The average molecular weight is 643 g/mol. The second-order valence-corrected chi connectivity index (χ2v) is 13.1. The van der Waals surface area contributed by atoms with E-state index in [0.717, 1.165) is 47.9 Å². The Morgan fingerprint density at radius 3 is 2.00 bits per heavy atom. The van der Waals surface area contributed by atoms with Gasteiger partial charge in [0.25, 0.3) is 0 Å². The first-order chi connectivity index (χ1) is 22.4. The van der Waals surface area contributed by atoms with Crippen molar-refractivity contribution in [2.45, 2.75) is 92.1 Å². The lowest BCUT2D eigenvalue weighted by atomic mass is 9.61. The molecule has 0 spiro atoms. The summed E-state index contributed by atoms with van der Waals surface area (Å²) >= 11 is 0. The van der Waals surface area contributed by atoms with Gasteiger partial charge in [-0.2, -0.15) is 0 Å². The summed E-state index contributed by atoms with van der Waals surface area (Å²) in [5, 5.41) is 17.8. The lowest BCUT2D eigenvalue weighted by molar-refractivity contribution is -0.150. The van der Waals surface area contributed by atoms with Crippen LogP contribution in [0.25, 0.3) is 0 Å². The van der Waals surface area contributed by atoms with E-state index in [1.165, 1.54) is 6.92 Å². The number of aliphatic hydroxyl groups is 1. The van der Waals surface area contributed by atoms with Crippen LogP contribution in [-0.2, 0) is 14.4 Å². The fourth-order valence-electron chi connectivity index (χ4n) is 6.65. The molecule has 4 unspecified atom stereocenters. The SMILES string of the molecule is CCCCCCOc1ccc(C2C(C(=O)Nc3ccc(C)cc3C)C(=O)CC(C)(O)C2C(=O)Nc2ccc(C)cc2C)cc1OCC. The Morgan fingerprint density at radius 2 is 1.43 bits per heavy atom. The maximum atomic E-state index is 14.3. The third-order valence-corrected chi connectivity index (χ3v) is 9.02. The average Bonchev–Trinajstić information content (AvgIpc) is 2.99. The first-order valence-corrected chi connectivity index (χ1v) is 16.8. The zero-order valence-corrected chi connectivity index (χ0v) is 28.9. The summed E-state index contributed by atoms with van der Waals surface area (Å²) in [6.45, 7) is 14.1. The second-order valence-electron chi connectivity index (χ2n) is 13.1. The van der Waals surface area contributed by atoms with E-state index in [0.29, 0.717) is 41.7 Å². The highest BCUT2D eigenvalue weighted by molar-refractivity contribution is 6.10. The number of anilines is 2. The van der Waals surface area contributed by atoms with Crippen LogP contribution in [0.1, 0.15) is 86.6 Å². The number of unbranched alkanes of at least 4 members (excludes halogenated alkanes) is 3. The molecular weight excluding hydrogens is 592 g/mol. The zero-order valence-electron chi connectivity index (χ0n) is 28.9. The highest BCUT2D eigenvalue weighted by atomic mass is 16.5. The van der Waals surface area contributed by atoms with Gasteiger partial charge in [0.1, 0.15) is 11.7 Å². The van der Waals surface area contributed by atoms with Crippen molar-refractivity contribution in [1.82, 2.24) is 0 Å². The van der Waals surface area contributed by atoms with Crippen LogP contribution >= 0.6 is 0 Å². The van der Waals surface area contributed by atoms with Gasteiger partial charge in [-0.05, 0) is 88.9 Å². The van der Waals surface area contributed by atoms with Gasteiger partial charge < -0.3 is 25.2 Å². The molecule has 1 saturated carbocycles. The molecule has 4 rings (SSSR count). The summed E-state index contributed by atoms with van der Waals surface area (Å²) in [7, 11) is 0. The zero-order chi connectivity index (χ0) is 34.3. The molecule has 1 fully saturated rings.